The molecular formula is C10H14N2O2. The van der Waals surface area contributed by atoms with Crippen molar-refractivity contribution in [1.29, 1.82) is 0 Å². The normalized spacial score (nSPS) is 11.4. The lowest BCUT2D eigenvalue weighted by Crippen LogP contribution is -2.12. The first-order valence-electron chi connectivity index (χ1n) is 4.48. The Balaban J connectivity index is 2.79. The largest absolute Gasteiger partial charge is 0.494 e. The van der Waals surface area contributed by atoms with Crippen LogP contribution in [0.5, 0.6) is 5.75 Å². The van der Waals surface area contributed by atoms with Crippen LogP contribution in [0.2, 0.25) is 0 Å². The molecule has 4 nitrogen and oxygen atoms in total. The van der Waals surface area contributed by atoms with Crippen LogP contribution in [-0.4, -0.2) is 17.6 Å². The molecule has 0 aliphatic rings. The van der Waals surface area contributed by atoms with E-state index in [9.17, 15) is 0 Å². The molecule has 0 heterocycles. The molecule has 0 aliphatic carbocycles. The predicted molar refractivity (Wildman–Crippen MR) is 54.7 cm³/mol. The van der Waals surface area contributed by atoms with E-state index in [1.165, 1.54) is 0 Å². The minimum absolute atomic E-state index is 0.0898. The number of hydrogen-bond donors (Lipinski definition) is 2. The molecule has 4 heteroatoms. The average Bonchev–Trinajstić information content (AvgIpc) is 2.25. The number of nitrogens with two attached hydrogens (primary N) is 1. The lowest BCUT2D eigenvalue weighted by molar-refractivity contribution is 0.316. The molecular weight excluding hydrogens is 180 g/mol. The quantitative estimate of drug-likeness (QED) is 0.331. The van der Waals surface area contributed by atoms with Crippen LogP contribution in [-0.2, 0) is 0 Å². The van der Waals surface area contributed by atoms with Gasteiger partial charge in [-0.15, -0.1) is 0 Å². The molecule has 0 atom stereocenters. The summed E-state index contributed by atoms with van der Waals surface area (Å²) in [5, 5.41) is 11.4. The predicted octanol–water partition coefficient (Wildman–Crippen LogP) is 1.57. The summed E-state index contributed by atoms with van der Waals surface area (Å²) in [7, 11) is 0. The first-order chi connectivity index (χ1) is 6.77. The van der Waals surface area contributed by atoms with E-state index in [0.717, 1.165) is 12.2 Å². The number of benzene rings is 1. The Bertz CT molecular complexity index is 324. The van der Waals surface area contributed by atoms with Crippen LogP contribution >= 0.6 is 0 Å². The standard InChI is InChI=1S/C10H14N2O2/c1-2-6-14-9-5-3-4-8(7-9)10(11)12-13/h3-5,7,13H,2,6H2,1H3,(H2,11,12). The molecule has 0 amide bonds. The molecule has 0 aromatic heterocycles. The second-order valence-electron chi connectivity index (χ2n) is 2.86. The highest BCUT2D eigenvalue weighted by Crippen LogP contribution is 2.13. The number of amidine groups is 1. The molecule has 0 bridgehead atoms. The Morgan fingerprint density at radius 3 is 3.00 bits per heavy atom. The Hall–Kier alpha value is -1.71. The van der Waals surface area contributed by atoms with Gasteiger partial charge in [-0.3, -0.25) is 0 Å². The van der Waals surface area contributed by atoms with Gasteiger partial charge in [-0.25, -0.2) is 0 Å². The monoisotopic (exact) mass is 194 g/mol. The Morgan fingerprint density at radius 1 is 1.57 bits per heavy atom. The maximum atomic E-state index is 8.48. The van der Waals surface area contributed by atoms with Crippen LogP contribution in [0.3, 0.4) is 0 Å². The minimum Gasteiger partial charge on any atom is -0.494 e. The van der Waals surface area contributed by atoms with E-state index in [2.05, 4.69) is 5.16 Å². The summed E-state index contributed by atoms with van der Waals surface area (Å²) < 4.78 is 5.40. The summed E-state index contributed by atoms with van der Waals surface area (Å²) in [5.41, 5.74) is 6.09. The van der Waals surface area contributed by atoms with Crippen LogP contribution in [0.15, 0.2) is 29.4 Å². The second-order valence-corrected chi connectivity index (χ2v) is 2.86. The molecule has 0 saturated heterocycles. The van der Waals surface area contributed by atoms with Gasteiger partial charge in [0.25, 0.3) is 0 Å². The van der Waals surface area contributed by atoms with Crippen LogP contribution in [0.1, 0.15) is 18.9 Å². The van der Waals surface area contributed by atoms with Gasteiger partial charge in [-0.1, -0.05) is 24.2 Å². The zero-order valence-electron chi connectivity index (χ0n) is 8.10. The SMILES string of the molecule is CCCOc1cccc(/C(N)=N/O)c1. The van der Waals surface area contributed by atoms with Crippen LogP contribution < -0.4 is 10.5 Å². The van der Waals surface area contributed by atoms with E-state index in [0.29, 0.717) is 12.2 Å². The van der Waals surface area contributed by atoms with Gasteiger partial charge in [0.05, 0.1) is 6.61 Å². The fourth-order valence-electron chi connectivity index (χ4n) is 1.02. The maximum absolute atomic E-state index is 8.48. The lowest BCUT2D eigenvalue weighted by Gasteiger charge is -2.05. The average molecular weight is 194 g/mol. The minimum atomic E-state index is 0.0898. The zero-order valence-corrected chi connectivity index (χ0v) is 8.10. The molecule has 14 heavy (non-hydrogen) atoms. The summed E-state index contributed by atoms with van der Waals surface area (Å²) in [5.74, 6) is 0.822. The third kappa shape index (κ3) is 2.65. The van der Waals surface area contributed by atoms with Crippen molar-refractivity contribution in [3.8, 4) is 5.75 Å². The van der Waals surface area contributed by atoms with Crippen molar-refractivity contribution in [1.82, 2.24) is 0 Å². The van der Waals surface area contributed by atoms with Crippen LogP contribution in [0, 0.1) is 0 Å². The number of ether oxygens (including phenoxy) is 1. The summed E-state index contributed by atoms with van der Waals surface area (Å²) >= 11 is 0. The van der Waals surface area contributed by atoms with Crippen LogP contribution in [0.25, 0.3) is 0 Å². The first kappa shape index (κ1) is 10.4. The molecule has 0 radical (unpaired) electrons. The van der Waals surface area contributed by atoms with Gasteiger partial charge in [0.2, 0.25) is 0 Å². The van der Waals surface area contributed by atoms with Crippen LogP contribution in [0.4, 0.5) is 0 Å². The zero-order chi connectivity index (χ0) is 10.4. The lowest BCUT2D eigenvalue weighted by atomic mass is 10.2. The van der Waals surface area contributed by atoms with Gasteiger partial charge >= 0.3 is 0 Å². The van der Waals surface area contributed by atoms with E-state index in [4.69, 9.17) is 15.7 Å². The van der Waals surface area contributed by atoms with Gasteiger partial charge in [0.15, 0.2) is 5.84 Å². The molecule has 0 saturated carbocycles. The van der Waals surface area contributed by atoms with Gasteiger partial charge in [-0.2, -0.15) is 0 Å². The molecule has 0 aliphatic heterocycles. The molecule has 1 aromatic carbocycles. The molecule has 0 spiro atoms. The smallest absolute Gasteiger partial charge is 0.170 e. The van der Waals surface area contributed by atoms with Gasteiger partial charge < -0.3 is 15.7 Å². The van der Waals surface area contributed by atoms with E-state index >= 15 is 0 Å². The highest BCUT2D eigenvalue weighted by atomic mass is 16.5. The summed E-state index contributed by atoms with van der Waals surface area (Å²) in [4.78, 5) is 0. The fraction of sp³-hybridized carbons (Fsp3) is 0.300. The molecule has 3 N–H and O–H groups in total. The third-order valence-corrected chi connectivity index (χ3v) is 1.71. The molecule has 76 valence electrons. The van der Waals surface area contributed by atoms with E-state index < -0.39 is 0 Å². The highest BCUT2D eigenvalue weighted by Gasteiger charge is 2.00. The number of oxime groups is 1. The van der Waals surface area contributed by atoms with Crippen molar-refractivity contribution < 1.29 is 9.94 Å². The second kappa shape index (κ2) is 5.11. The Kier molecular flexibility index (Phi) is 3.79. The summed E-state index contributed by atoms with van der Waals surface area (Å²) in [6, 6.07) is 7.14. The van der Waals surface area contributed by atoms with Crippen molar-refractivity contribution >= 4 is 5.84 Å². The molecule has 0 fully saturated rings. The maximum Gasteiger partial charge on any atom is 0.170 e. The third-order valence-electron chi connectivity index (χ3n) is 1.71. The van der Waals surface area contributed by atoms with E-state index in [1.54, 1.807) is 18.2 Å². The Labute approximate surface area is 83.0 Å². The Morgan fingerprint density at radius 2 is 2.36 bits per heavy atom. The molecule has 0 unspecified atom stereocenters. The highest BCUT2D eigenvalue weighted by molar-refractivity contribution is 5.97. The van der Waals surface area contributed by atoms with Crippen molar-refractivity contribution in [2.45, 2.75) is 13.3 Å². The topological polar surface area (TPSA) is 67.8 Å². The van der Waals surface area contributed by atoms with Crippen molar-refractivity contribution in [2.75, 3.05) is 6.61 Å². The number of hydrogen-bond acceptors (Lipinski definition) is 3. The van der Waals surface area contributed by atoms with Gasteiger partial charge in [-0.05, 0) is 18.6 Å². The van der Waals surface area contributed by atoms with Gasteiger partial charge in [0.1, 0.15) is 5.75 Å². The van der Waals surface area contributed by atoms with Crippen molar-refractivity contribution in [2.24, 2.45) is 10.9 Å². The summed E-state index contributed by atoms with van der Waals surface area (Å²) in [6.07, 6.45) is 0.952. The van der Waals surface area contributed by atoms with Crippen molar-refractivity contribution in [3.63, 3.8) is 0 Å². The number of rotatable bonds is 4. The fourth-order valence-corrected chi connectivity index (χ4v) is 1.02. The number of nitrogens with zero attached hydrogens (tertiary/aromatic N) is 1. The van der Waals surface area contributed by atoms with E-state index in [1.807, 2.05) is 13.0 Å². The van der Waals surface area contributed by atoms with E-state index in [-0.39, 0.29) is 5.84 Å². The van der Waals surface area contributed by atoms with Gasteiger partial charge in [0, 0.05) is 5.56 Å². The molecule has 1 aromatic rings. The summed E-state index contributed by atoms with van der Waals surface area (Å²) in [6.45, 7) is 2.70. The molecule has 1 rings (SSSR count). The first-order valence-corrected chi connectivity index (χ1v) is 4.48. The van der Waals surface area contributed by atoms with Crippen molar-refractivity contribution in [3.05, 3.63) is 29.8 Å².